The molecule has 4 nitrogen and oxygen atoms in total. The van der Waals surface area contributed by atoms with Gasteiger partial charge in [0, 0.05) is 10.0 Å². The molecule has 0 amide bonds. The van der Waals surface area contributed by atoms with Gasteiger partial charge in [0.15, 0.2) is 0 Å². The number of hydrogen-bond donors (Lipinski definition) is 1. The fraction of sp³-hybridized carbons (Fsp3) is 0.467. The molecule has 0 bridgehead atoms. The number of aromatic nitrogens is 2. The highest BCUT2D eigenvalue weighted by Gasteiger charge is 2.37. The molecule has 0 aliphatic carbocycles. The molecule has 0 spiro atoms. The van der Waals surface area contributed by atoms with E-state index in [1.54, 1.807) is 6.07 Å². The summed E-state index contributed by atoms with van der Waals surface area (Å²) >= 11 is 3.35. The maximum atomic E-state index is 13.2. The molecule has 112 valence electrons. The molecule has 6 heteroatoms. The highest BCUT2D eigenvalue weighted by atomic mass is 79.9. The third kappa shape index (κ3) is 2.74. The van der Waals surface area contributed by atoms with Gasteiger partial charge in [0.1, 0.15) is 5.82 Å². The third-order valence-electron chi connectivity index (χ3n) is 4.29. The molecule has 1 aliphatic rings. The quantitative estimate of drug-likeness (QED) is 0.914. The molecule has 1 N–H and O–H groups in total. The van der Waals surface area contributed by atoms with Crippen LogP contribution in [0.3, 0.4) is 0 Å². The van der Waals surface area contributed by atoms with E-state index in [4.69, 9.17) is 4.52 Å². The molecule has 0 saturated carbocycles. The molecule has 1 fully saturated rings. The van der Waals surface area contributed by atoms with Crippen LogP contribution in [-0.4, -0.2) is 23.2 Å². The number of nitrogens with zero attached hydrogens (tertiary/aromatic N) is 2. The summed E-state index contributed by atoms with van der Waals surface area (Å²) in [5.74, 6) is 0.902. The first-order valence-corrected chi connectivity index (χ1v) is 7.94. The maximum absolute atomic E-state index is 13.2. The van der Waals surface area contributed by atoms with Crippen molar-refractivity contribution in [3.05, 3.63) is 34.4 Å². The fourth-order valence-corrected chi connectivity index (χ4v) is 3.37. The Balaban J connectivity index is 1.95. The van der Waals surface area contributed by atoms with Crippen molar-refractivity contribution in [2.45, 2.75) is 31.6 Å². The van der Waals surface area contributed by atoms with Gasteiger partial charge < -0.3 is 9.84 Å². The Hall–Kier alpha value is -1.27. The summed E-state index contributed by atoms with van der Waals surface area (Å²) in [4.78, 5) is 4.58. The van der Waals surface area contributed by atoms with E-state index >= 15 is 0 Å². The molecule has 1 aliphatic heterocycles. The van der Waals surface area contributed by atoms with Gasteiger partial charge in [0.05, 0.1) is 5.41 Å². The second-order valence-electron chi connectivity index (χ2n) is 5.43. The average Bonchev–Trinajstić information content (AvgIpc) is 2.98. The summed E-state index contributed by atoms with van der Waals surface area (Å²) in [6.45, 7) is 4.08. The van der Waals surface area contributed by atoms with Gasteiger partial charge in [-0.2, -0.15) is 4.98 Å². The molecule has 1 aromatic heterocycles. The molecule has 1 saturated heterocycles. The molecule has 21 heavy (non-hydrogen) atoms. The summed E-state index contributed by atoms with van der Waals surface area (Å²) in [6.07, 6.45) is 2.96. The van der Waals surface area contributed by atoms with Crippen molar-refractivity contribution in [1.82, 2.24) is 15.5 Å². The van der Waals surface area contributed by atoms with E-state index in [2.05, 4.69) is 38.3 Å². The Morgan fingerprint density at radius 2 is 2.14 bits per heavy atom. The van der Waals surface area contributed by atoms with Crippen LogP contribution in [0.5, 0.6) is 0 Å². The predicted octanol–water partition coefficient (Wildman–Crippen LogP) is 3.67. The monoisotopic (exact) mass is 353 g/mol. The number of halogens is 2. The van der Waals surface area contributed by atoms with Crippen LogP contribution in [0.1, 0.15) is 32.1 Å². The van der Waals surface area contributed by atoms with Gasteiger partial charge in [0.2, 0.25) is 11.7 Å². The molecule has 0 radical (unpaired) electrons. The largest absolute Gasteiger partial charge is 0.338 e. The zero-order chi connectivity index (χ0) is 14.9. The van der Waals surface area contributed by atoms with E-state index in [0.29, 0.717) is 16.2 Å². The fourth-order valence-electron chi connectivity index (χ4n) is 2.84. The van der Waals surface area contributed by atoms with Crippen molar-refractivity contribution in [2.75, 3.05) is 13.1 Å². The summed E-state index contributed by atoms with van der Waals surface area (Å²) < 4.78 is 19.3. The topological polar surface area (TPSA) is 51.0 Å². The van der Waals surface area contributed by atoms with Crippen molar-refractivity contribution in [3.63, 3.8) is 0 Å². The highest BCUT2D eigenvalue weighted by Crippen LogP contribution is 2.37. The number of piperidine rings is 1. The van der Waals surface area contributed by atoms with Gasteiger partial charge in [-0.15, -0.1) is 0 Å². The number of hydrogen-bond acceptors (Lipinski definition) is 4. The smallest absolute Gasteiger partial charge is 0.233 e. The molecule has 2 aromatic rings. The first kappa shape index (κ1) is 14.7. The van der Waals surface area contributed by atoms with Crippen molar-refractivity contribution < 1.29 is 8.91 Å². The van der Waals surface area contributed by atoms with Crippen LogP contribution in [0.25, 0.3) is 11.4 Å². The third-order valence-corrected chi connectivity index (χ3v) is 4.95. The second kappa shape index (κ2) is 5.85. The minimum atomic E-state index is -0.294. The van der Waals surface area contributed by atoms with Gasteiger partial charge in [-0.3, -0.25) is 0 Å². The van der Waals surface area contributed by atoms with Crippen LogP contribution < -0.4 is 5.32 Å². The standard InChI is InChI=1S/C15H17BrFN3O/c1-2-15(5-7-18-8-6-15)14-19-13(20-21-14)11-4-3-10(17)9-12(11)16/h3-4,9,18H,2,5-8H2,1H3. The normalized spacial score (nSPS) is 17.9. The van der Waals surface area contributed by atoms with Gasteiger partial charge in [-0.05, 0) is 66.5 Å². The van der Waals surface area contributed by atoms with Crippen molar-refractivity contribution in [2.24, 2.45) is 0 Å². The van der Waals surface area contributed by atoms with Gasteiger partial charge in [-0.25, -0.2) is 4.39 Å². The van der Waals surface area contributed by atoms with E-state index in [-0.39, 0.29) is 11.2 Å². The van der Waals surface area contributed by atoms with Crippen molar-refractivity contribution in [3.8, 4) is 11.4 Å². The van der Waals surface area contributed by atoms with Crippen LogP contribution in [0, 0.1) is 5.82 Å². The van der Waals surface area contributed by atoms with E-state index in [0.717, 1.165) is 37.9 Å². The Bertz CT molecular complexity index is 638. The zero-order valence-corrected chi connectivity index (χ0v) is 13.4. The predicted molar refractivity (Wildman–Crippen MR) is 81.5 cm³/mol. The van der Waals surface area contributed by atoms with E-state index < -0.39 is 0 Å². The molecule has 2 heterocycles. The zero-order valence-electron chi connectivity index (χ0n) is 11.8. The minimum absolute atomic E-state index is 0.0387. The van der Waals surface area contributed by atoms with E-state index in [1.807, 2.05) is 0 Å². The van der Waals surface area contributed by atoms with Crippen LogP contribution in [0.2, 0.25) is 0 Å². The maximum Gasteiger partial charge on any atom is 0.233 e. The second-order valence-corrected chi connectivity index (χ2v) is 6.29. The lowest BCUT2D eigenvalue weighted by molar-refractivity contribution is 0.216. The SMILES string of the molecule is CCC1(c2nc(-c3ccc(F)cc3Br)no2)CCNCC1. The summed E-state index contributed by atoms with van der Waals surface area (Å²) in [5, 5.41) is 7.44. The van der Waals surface area contributed by atoms with Gasteiger partial charge in [0.25, 0.3) is 0 Å². The lowest BCUT2D eigenvalue weighted by Crippen LogP contribution is -2.39. The minimum Gasteiger partial charge on any atom is -0.338 e. The van der Waals surface area contributed by atoms with Crippen LogP contribution in [-0.2, 0) is 5.41 Å². The Labute approximate surface area is 131 Å². The molecular weight excluding hydrogens is 337 g/mol. The van der Waals surface area contributed by atoms with Crippen LogP contribution in [0.15, 0.2) is 27.2 Å². The summed E-state index contributed by atoms with van der Waals surface area (Å²) in [6, 6.07) is 4.47. The van der Waals surface area contributed by atoms with Crippen molar-refractivity contribution >= 4 is 15.9 Å². The van der Waals surface area contributed by atoms with Crippen LogP contribution >= 0.6 is 15.9 Å². The number of nitrogens with one attached hydrogen (secondary N) is 1. The summed E-state index contributed by atoms with van der Waals surface area (Å²) in [7, 11) is 0. The highest BCUT2D eigenvalue weighted by molar-refractivity contribution is 9.10. The lowest BCUT2D eigenvalue weighted by Gasteiger charge is -2.33. The number of benzene rings is 1. The van der Waals surface area contributed by atoms with Gasteiger partial charge >= 0.3 is 0 Å². The number of rotatable bonds is 3. The van der Waals surface area contributed by atoms with Gasteiger partial charge in [-0.1, -0.05) is 12.1 Å². The Morgan fingerprint density at radius 3 is 2.81 bits per heavy atom. The van der Waals surface area contributed by atoms with Crippen LogP contribution in [0.4, 0.5) is 4.39 Å². The molecular formula is C15H17BrFN3O. The first-order valence-electron chi connectivity index (χ1n) is 7.15. The van der Waals surface area contributed by atoms with E-state index in [9.17, 15) is 4.39 Å². The average molecular weight is 354 g/mol. The van der Waals surface area contributed by atoms with E-state index in [1.165, 1.54) is 12.1 Å². The lowest BCUT2D eigenvalue weighted by atomic mass is 9.76. The molecule has 0 atom stereocenters. The Kier molecular flexibility index (Phi) is 4.08. The Morgan fingerprint density at radius 1 is 1.38 bits per heavy atom. The molecule has 1 aromatic carbocycles. The van der Waals surface area contributed by atoms with Crippen molar-refractivity contribution in [1.29, 1.82) is 0 Å². The first-order chi connectivity index (χ1) is 10.1. The molecule has 0 unspecified atom stereocenters. The molecule has 3 rings (SSSR count). The summed E-state index contributed by atoms with van der Waals surface area (Å²) in [5.41, 5.74) is 0.704.